The van der Waals surface area contributed by atoms with E-state index in [1.165, 1.54) is 0 Å². The highest BCUT2D eigenvalue weighted by molar-refractivity contribution is 5.89. The quantitative estimate of drug-likeness (QED) is 0.464. The van der Waals surface area contributed by atoms with Gasteiger partial charge in [-0.3, -0.25) is 0 Å². The Morgan fingerprint density at radius 1 is 1.12 bits per heavy atom. The van der Waals surface area contributed by atoms with E-state index in [9.17, 15) is 4.79 Å². The van der Waals surface area contributed by atoms with E-state index in [1.54, 1.807) is 0 Å². The minimum Gasteiger partial charge on any atom is -0.440 e. The lowest BCUT2D eigenvalue weighted by molar-refractivity contribution is 0.187. The average Bonchev–Trinajstić information content (AvgIpc) is 3.47. The molecule has 2 amide bonds. The van der Waals surface area contributed by atoms with Gasteiger partial charge in [-0.15, -0.1) is 0 Å². The highest BCUT2D eigenvalue weighted by Gasteiger charge is 2.28. The Labute approximate surface area is 185 Å². The van der Waals surface area contributed by atoms with Crippen LogP contribution in [0, 0.1) is 0 Å². The first-order valence-corrected chi connectivity index (χ1v) is 10.9. The number of oxazole rings is 1. The van der Waals surface area contributed by atoms with Crippen molar-refractivity contribution in [3.8, 4) is 11.5 Å². The lowest BCUT2D eigenvalue weighted by atomic mass is 9.98. The highest BCUT2D eigenvalue weighted by atomic mass is 16.5. The van der Waals surface area contributed by atoms with Gasteiger partial charge in [0, 0.05) is 30.3 Å². The van der Waals surface area contributed by atoms with E-state index in [1.807, 2.05) is 67.3 Å². The Hall–Kier alpha value is -3.68. The number of piperidine rings is 1. The molecule has 8 heteroatoms. The van der Waals surface area contributed by atoms with Crippen molar-refractivity contribution in [1.82, 2.24) is 20.0 Å². The zero-order chi connectivity index (χ0) is 22.1. The zero-order valence-corrected chi connectivity index (χ0v) is 18.1. The second-order valence-electron chi connectivity index (χ2n) is 8.42. The number of amides is 2. The molecule has 5 rings (SSSR count). The van der Waals surface area contributed by atoms with E-state index < -0.39 is 0 Å². The molecular formula is C24H25N5O3. The van der Waals surface area contributed by atoms with Gasteiger partial charge in [0.1, 0.15) is 5.52 Å². The van der Waals surface area contributed by atoms with Crippen LogP contribution >= 0.6 is 0 Å². The summed E-state index contributed by atoms with van der Waals surface area (Å²) in [6, 6.07) is 15.0. The lowest BCUT2D eigenvalue weighted by Crippen LogP contribution is -2.41. The summed E-state index contributed by atoms with van der Waals surface area (Å²) in [6.07, 6.45) is 1.86. The first-order valence-electron chi connectivity index (χ1n) is 10.9. The number of nitrogens with one attached hydrogen (secondary N) is 1. The fourth-order valence-corrected chi connectivity index (χ4v) is 3.91. The van der Waals surface area contributed by atoms with Crippen LogP contribution in [0.1, 0.15) is 50.2 Å². The van der Waals surface area contributed by atoms with Crippen LogP contribution in [0.15, 0.2) is 57.5 Å². The SMILES string of the molecule is CC(C)c1noc(-c2ccc(NC(=O)N3CCCC(c4nc5ccccc5o4)C3)cc2)n1. The lowest BCUT2D eigenvalue weighted by Gasteiger charge is -2.31. The number of anilines is 1. The zero-order valence-electron chi connectivity index (χ0n) is 18.1. The maximum Gasteiger partial charge on any atom is 0.321 e. The molecule has 164 valence electrons. The summed E-state index contributed by atoms with van der Waals surface area (Å²) in [5, 5.41) is 6.98. The van der Waals surface area contributed by atoms with Crippen molar-refractivity contribution < 1.29 is 13.7 Å². The smallest absolute Gasteiger partial charge is 0.321 e. The molecule has 4 aromatic rings. The molecule has 1 saturated heterocycles. The molecular weight excluding hydrogens is 406 g/mol. The molecule has 0 spiro atoms. The topological polar surface area (TPSA) is 97.3 Å². The Kier molecular flexibility index (Phi) is 5.34. The molecule has 32 heavy (non-hydrogen) atoms. The number of para-hydroxylation sites is 2. The molecule has 1 unspecified atom stereocenters. The van der Waals surface area contributed by atoms with Crippen LogP contribution in [-0.4, -0.2) is 39.1 Å². The third kappa shape index (κ3) is 4.08. The molecule has 0 radical (unpaired) electrons. The number of carbonyl (C=O) groups is 1. The van der Waals surface area contributed by atoms with Crippen LogP contribution in [0.4, 0.5) is 10.5 Å². The molecule has 0 saturated carbocycles. The summed E-state index contributed by atoms with van der Waals surface area (Å²) in [5.41, 5.74) is 3.17. The molecule has 1 aliphatic heterocycles. The van der Waals surface area contributed by atoms with Gasteiger partial charge in [-0.05, 0) is 49.2 Å². The number of nitrogens with zero attached hydrogens (tertiary/aromatic N) is 4. The molecule has 2 aromatic carbocycles. The van der Waals surface area contributed by atoms with Crippen molar-refractivity contribution in [2.24, 2.45) is 0 Å². The van der Waals surface area contributed by atoms with Crippen LogP contribution in [0.2, 0.25) is 0 Å². The second kappa shape index (κ2) is 8.45. The molecule has 1 N–H and O–H groups in total. The molecule has 1 fully saturated rings. The minimum atomic E-state index is -0.126. The first-order chi connectivity index (χ1) is 15.6. The van der Waals surface area contributed by atoms with Gasteiger partial charge >= 0.3 is 6.03 Å². The van der Waals surface area contributed by atoms with Gasteiger partial charge in [-0.25, -0.2) is 9.78 Å². The third-order valence-electron chi connectivity index (χ3n) is 5.71. The third-order valence-corrected chi connectivity index (χ3v) is 5.71. The molecule has 1 atom stereocenters. The number of rotatable bonds is 4. The molecule has 0 aliphatic carbocycles. The average molecular weight is 431 g/mol. The van der Waals surface area contributed by atoms with E-state index in [0.29, 0.717) is 36.4 Å². The standard InChI is InChI=1S/C24H25N5O3/c1-15(2)21-27-23(32-28-21)16-9-11-18(12-10-16)25-24(30)29-13-5-6-17(14-29)22-26-19-7-3-4-8-20(19)31-22/h3-4,7-12,15,17H,5-6,13-14H2,1-2H3,(H,25,30). The maximum absolute atomic E-state index is 12.9. The van der Waals surface area contributed by atoms with Gasteiger partial charge in [0.15, 0.2) is 17.3 Å². The van der Waals surface area contributed by atoms with Crippen molar-refractivity contribution in [2.45, 2.75) is 38.5 Å². The van der Waals surface area contributed by atoms with Crippen LogP contribution in [0.25, 0.3) is 22.6 Å². The number of aromatic nitrogens is 3. The summed E-state index contributed by atoms with van der Waals surface area (Å²) in [4.78, 5) is 23.7. The number of hydrogen-bond donors (Lipinski definition) is 1. The van der Waals surface area contributed by atoms with E-state index in [0.717, 1.165) is 29.5 Å². The summed E-state index contributed by atoms with van der Waals surface area (Å²) in [5.74, 6) is 2.15. The largest absolute Gasteiger partial charge is 0.440 e. The number of hydrogen-bond acceptors (Lipinski definition) is 6. The fraction of sp³-hybridized carbons (Fsp3) is 0.333. The van der Waals surface area contributed by atoms with E-state index in [-0.39, 0.29) is 17.9 Å². The van der Waals surface area contributed by atoms with Gasteiger partial charge in [0.25, 0.3) is 5.89 Å². The second-order valence-corrected chi connectivity index (χ2v) is 8.42. The Morgan fingerprint density at radius 3 is 2.69 bits per heavy atom. The highest BCUT2D eigenvalue weighted by Crippen LogP contribution is 2.29. The van der Waals surface area contributed by atoms with Crippen LogP contribution in [0.5, 0.6) is 0 Å². The van der Waals surface area contributed by atoms with Crippen LogP contribution in [-0.2, 0) is 0 Å². The Balaban J connectivity index is 1.24. The van der Waals surface area contributed by atoms with Crippen molar-refractivity contribution in [1.29, 1.82) is 0 Å². The predicted octanol–water partition coefficient (Wildman–Crippen LogP) is 5.41. The van der Waals surface area contributed by atoms with Gasteiger partial charge in [-0.1, -0.05) is 31.1 Å². The van der Waals surface area contributed by atoms with E-state index >= 15 is 0 Å². The van der Waals surface area contributed by atoms with Gasteiger partial charge in [0.05, 0.1) is 5.92 Å². The van der Waals surface area contributed by atoms with Crippen LogP contribution < -0.4 is 5.32 Å². The van der Waals surface area contributed by atoms with Crippen molar-refractivity contribution in [3.05, 3.63) is 60.2 Å². The van der Waals surface area contributed by atoms with Crippen molar-refractivity contribution in [3.63, 3.8) is 0 Å². The Bertz CT molecular complexity index is 1190. The van der Waals surface area contributed by atoms with Gasteiger partial charge in [0.2, 0.25) is 0 Å². The summed E-state index contributed by atoms with van der Waals surface area (Å²) in [7, 11) is 0. The Morgan fingerprint density at radius 2 is 1.94 bits per heavy atom. The monoisotopic (exact) mass is 431 g/mol. The minimum absolute atomic E-state index is 0.0944. The van der Waals surface area contributed by atoms with Gasteiger partial charge < -0.3 is 19.2 Å². The molecule has 1 aliphatic rings. The molecule has 0 bridgehead atoms. The summed E-state index contributed by atoms with van der Waals surface area (Å²) < 4.78 is 11.3. The summed E-state index contributed by atoms with van der Waals surface area (Å²) >= 11 is 0. The van der Waals surface area contributed by atoms with E-state index in [2.05, 4.69) is 20.4 Å². The number of likely N-dealkylation sites (tertiary alicyclic amines) is 1. The summed E-state index contributed by atoms with van der Waals surface area (Å²) in [6.45, 7) is 5.32. The van der Waals surface area contributed by atoms with Gasteiger partial charge in [-0.2, -0.15) is 4.98 Å². The number of carbonyl (C=O) groups excluding carboxylic acids is 1. The van der Waals surface area contributed by atoms with E-state index in [4.69, 9.17) is 8.94 Å². The normalized spacial score (nSPS) is 16.6. The first kappa shape index (κ1) is 20.2. The fourth-order valence-electron chi connectivity index (χ4n) is 3.91. The number of fused-ring (bicyclic) bond motifs is 1. The van der Waals surface area contributed by atoms with Crippen molar-refractivity contribution >= 4 is 22.8 Å². The number of benzene rings is 2. The predicted molar refractivity (Wildman–Crippen MR) is 120 cm³/mol. The molecule has 8 nitrogen and oxygen atoms in total. The van der Waals surface area contributed by atoms with Crippen LogP contribution in [0.3, 0.4) is 0 Å². The molecule has 2 aromatic heterocycles. The van der Waals surface area contributed by atoms with Crippen molar-refractivity contribution in [2.75, 3.05) is 18.4 Å². The molecule has 3 heterocycles. The maximum atomic E-state index is 12.9. The number of urea groups is 1.